The maximum atomic E-state index is 10.3. The number of aromatic nitrogens is 2. The first kappa shape index (κ1) is 19.0. The number of nitrogen functional groups attached to an aromatic ring is 1. The van der Waals surface area contributed by atoms with E-state index in [9.17, 15) is 14.7 Å². The average molecular weight is 307 g/mol. The first-order valence-electron chi connectivity index (χ1n) is 6.00. The van der Waals surface area contributed by atoms with Crippen LogP contribution in [0.2, 0.25) is 0 Å². The van der Waals surface area contributed by atoms with Crippen molar-refractivity contribution in [1.29, 1.82) is 0 Å². The maximum absolute atomic E-state index is 10.3. The lowest BCUT2D eigenvalue weighted by atomic mass is 10.3. The zero-order chi connectivity index (χ0) is 17.1. The van der Waals surface area contributed by atoms with Crippen molar-refractivity contribution >= 4 is 17.8 Å². The van der Waals surface area contributed by atoms with Crippen LogP contribution < -0.4 is 15.8 Å². The largest absolute Gasteiger partial charge is 0.543 e. The van der Waals surface area contributed by atoms with Crippen LogP contribution in [0.1, 0.15) is 26.5 Å². The van der Waals surface area contributed by atoms with Gasteiger partial charge >= 0.3 is 5.97 Å². The Balaban J connectivity index is 0.000000382. The minimum Gasteiger partial charge on any atom is -0.543 e. The van der Waals surface area contributed by atoms with Gasteiger partial charge in [-0.05, 0) is 30.7 Å². The standard InChI is InChI=1S/C7H5NO4.C6H8N2.CH4O/c9-6(10)4-2-1-3-5(8-4)7(11)12;1-5-2-3-8-6(7)4-5;1-2/h1-3H,(H,9,10)(H,11,12);2-4H,1H3,(H2,7,8);2H,1H3. The summed E-state index contributed by atoms with van der Waals surface area (Å²) in [7, 11) is 1.00. The lowest BCUT2D eigenvalue weighted by Crippen LogP contribution is -2.24. The molecule has 0 atom stereocenters. The Morgan fingerprint density at radius 1 is 1.23 bits per heavy atom. The van der Waals surface area contributed by atoms with Crippen LogP contribution in [0.5, 0.6) is 0 Å². The number of aromatic carboxylic acids is 2. The Kier molecular flexibility index (Phi) is 8.49. The van der Waals surface area contributed by atoms with Crippen molar-refractivity contribution in [2.24, 2.45) is 0 Å². The molecule has 0 amide bonds. The topological polar surface area (TPSA) is 151 Å². The lowest BCUT2D eigenvalue weighted by Gasteiger charge is -2.00. The van der Waals surface area contributed by atoms with Gasteiger partial charge in [-0.3, -0.25) is 5.73 Å². The molecule has 2 heterocycles. The van der Waals surface area contributed by atoms with Crippen LogP contribution in [0.25, 0.3) is 0 Å². The molecule has 0 aliphatic heterocycles. The van der Waals surface area contributed by atoms with E-state index in [2.05, 4.69) is 9.97 Å². The molecule has 8 heteroatoms. The number of H-pyrrole nitrogens is 1. The number of aliphatic hydroxyl groups excluding tert-OH is 1. The monoisotopic (exact) mass is 307 g/mol. The molecule has 0 unspecified atom stereocenters. The number of aromatic amines is 1. The summed E-state index contributed by atoms with van der Waals surface area (Å²) in [5.74, 6) is -2.04. The normalized spacial score (nSPS) is 8.68. The van der Waals surface area contributed by atoms with Gasteiger partial charge in [0, 0.05) is 13.2 Å². The molecule has 2 aromatic rings. The third-order valence-corrected chi connectivity index (χ3v) is 2.16. The fourth-order valence-electron chi connectivity index (χ4n) is 1.27. The van der Waals surface area contributed by atoms with Crippen molar-refractivity contribution in [2.75, 3.05) is 12.8 Å². The summed E-state index contributed by atoms with van der Waals surface area (Å²) in [6.07, 6.45) is 1.82. The van der Waals surface area contributed by atoms with Crippen LogP contribution >= 0.6 is 0 Å². The Labute approximate surface area is 126 Å². The van der Waals surface area contributed by atoms with E-state index in [0.717, 1.165) is 7.11 Å². The van der Waals surface area contributed by atoms with E-state index in [1.807, 2.05) is 25.3 Å². The first-order chi connectivity index (χ1) is 10.4. The SMILES string of the molecule is CO.Cc1cc[nH+]c(N)c1.O=C([O-])c1cccc(C(=O)O)n1. The number of nitrogens with two attached hydrogens (primary N) is 1. The van der Waals surface area contributed by atoms with Crippen molar-refractivity contribution in [3.8, 4) is 0 Å². The summed E-state index contributed by atoms with van der Waals surface area (Å²) in [4.78, 5) is 26.7. The van der Waals surface area contributed by atoms with Crippen molar-refractivity contribution in [3.05, 3.63) is 53.5 Å². The van der Waals surface area contributed by atoms with Crippen LogP contribution in [-0.2, 0) is 0 Å². The Morgan fingerprint density at radius 3 is 2.23 bits per heavy atom. The molecule has 0 radical (unpaired) electrons. The van der Waals surface area contributed by atoms with E-state index < -0.39 is 11.9 Å². The molecular formula is C14H17N3O5. The third-order valence-electron chi connectivity index (χ3n) is 2.16. The molecule has 0 aliphatic carbocycles. The van der Waals surface area contributed by atoms with Gasteiger partial charge in [0.15, 0.2) is 0 Å². The molecule has 2 rings (SSSR count). The number of pyridine rings is 2. The predicted octanol–water partition coefficient (Wildman–Crippen LogP) is -0.857. The second-order valence-electron chi connectivity index (χ2n) is 3.82. The van der Waals surface area contributed by atoms with E-state index in [-0.39, 0.29) is 11.4 Å². The molecule has 118 valence electrons. The first-order valence-corrected chi connectivity index (χ1v) is 6.00. The summed E-state index contributed by atoms with van der Waals surface area (Å²) in [6, 6.07) is 7.52. The van der Waals surface area contributed by atoms with E-state index in [4.69, 9.17) is 15.9 Å². The summed E-state index contributed by atoms with van der Waals surface area (Å²) >= 11 is 0. The lowest BCUT2D eigenvalue weighted by molar-refractivity contribution is -0.360. The molecule has 0 aromatic carbocycles. The minimum atomic E-state index is -1.49. The number of carbonyl (C=O) groups excluding carboxylic acids is 1. The van der Waals surface area contributed by atoms with Gasteiger partial charge in [0.05, 0.1) is 17.9 Å². The highest BCUT2D eigenvalue weighted by Gasteiger charge is 2.04. The van der Waals surface area contributed by atoms with E-state index in [1.54, 1.807) is 0 Å². The highest BCUT2D eigenvalue weighted by atomic mass is 16.4. The quantitative estimate of drug-likeness (QED) is 0.653. The Hall–Kier alpha value is -3.00. The van der Waals surface area contributed by atoms with Gasteiger partial charge in [0.2, 0.25) is 0 Å². The number of hydrogen-bond donors (Lipinski definition) is 3. The zero-order valence-electron chi connectivity index (χ0n) is 12.1. The number of nitrogens with zero attached hydrogens (tertiary/aromatic N) is 1. The number of aryl methyl sites for hydroxylation is 1. The highest BCUT2D eigenvalue weighted by molar-refractivity contribution is 5.88. The molecule has 0 spiro atoms. The fraction of sp³-hybridized carbons (Fsp3) is 0.143. The van der Waals surface area contributed by atoms with Gasteiger partial charge in [-0.25, -0.2) is 14.8 Å². The summed E-state index contributed by atoms with van der Waals surface area (Å²) in [5.41, 5.74) is 5.90. The maximum Gasteiger partial charge on any atom is 0.354 e. The number of carboxylic acids is 2. The molecular weight excluding hydrogens is 290 g/mol. The van der Waals surface area contributed by atoms with Gasteiger partial charge in [-0.2, -0.15) is 0 Å². The number of carbonyl (C=O) groups is 2. The second-order valence-corrected chi connectivity index (χ2v) is 3.82. The molecule has 8 nitrogen and oxygen atoms in total. The van der Waals surface area contributed by atoms with Crippen molar-refractivity contribution in [3.63, 3.8) is 0 Å². The van der Waals surface area contributed by atoms with E-state index in [1.165, 1.54) is 23.8 Å². The summed E-state index contributed by atoms with van der Waals surface area (Å²) in [6.45, 7) is 2.00. The van der Waals surface area contributed by atoms with Crippen LogP contribution in [0.3, 0.4) is 0 Å². The number of aliphatic hydroxyl groups is 1. The van der Waals surface area contributed by atoms with Crippen LogP contribution in [-0.4, -0.2) is 34.2 Å². The number of anilines is 1. The second kappa shape index (κ2) is 9.83. The summed E-state index contributed by atoms with van der Waals surface area (Å²) in [5, 5.41) is 25.6. The van der Waals surface area contributed by atoms with E-state index >= 15 is 0 Å². The zero-order valence-corrected chi connectivity index (χ0v) is 12.1. The van der Waals surface area contributed by atoms with Crippen LogP contribution in [0.15, 0.2) is 36.5 Å². The number of rotatable bonds is 2. The van der Waals surface area contributed by atoms with Gasteiger partial charge < -0.3 is 20.1 Å². The van der Waals surface area contributed by atoms with Gasteiger partial charge in [0.25, 0.3) is 5.82 Å². The summed E-state index contributed by atoms with van der Waals surface area (Å²) < 4.78 is 0. The Morgan fingerprint density at radius 2 is 1.82 bits per heavy atom. The number of carboxylic acid groups (broad SMARTS) is 2. The molecule has 0 aliphatic rings. The van der Waals surface area contributed by atoms with E-state index in [0.29, 0.717) is 5.82 Å². The van der Waals surface area contributed by atoms with Gasteiger partial charge in [0.1, 0.15) is 5.69 Å². The van der Waals surface area contributed by atoms with Crippen LogP contribution in [0, 0.1) is 6.92 Å². The molecule has 0 saturated carbocycles. The van der Waals surface area contributed by atoms with Crippen LogP contribution in [0.4, 0.5) is 5.82 Å². The van der Waals surface area contributed by atoms with Crippen molar-refractivity contribution < 1.29 is 29.9 Å². The molecule has 22 heavy (non-hydrogen) atoms. The minimum absolute atomic E-state index is 0.309. The molecule has 5 N–H and O–H groups in total. The number of hydrogen-bond acceptors (Lipinski definition) is 6. The molecule has 0 saturated heterocycles. The van der Waals surface area contributed by atoms with Gasteiger partial charge in [-0.15, -0.1) is 0 Å². The fourth-order valence-corrected chi connectivity index (χ4v) is 1.27. The molecule has 0 bridgehead atoms. The van der Waals surface area contributed by atoms with Crippen molar-refractivity contribution in [1.82, 2.24) is 4.98 Å². The molecule has 0 fully saturated rings. The number of nitrogens with one attached hydrogen (secondary N) is 1. The van der Waals surface area contributed by atoms with Crippen molar-refractivity contribution in [2.45, 2.75) is 6.92 Å². The predicted molar refractivity (Wildman–Crippen MR) is 75.8 cm³/mol. The highest BCUT2D eigenvalue weighted by Crippen LogP contribution is 1.98. The average Bonchev–Trinajstić information content (AvgIpc) is 2.49. The van der Waals surface area contributed by atoms with Gasteiger partial charge in [-0.1, -0.05) is 6.07 Å². The smallest absolute Gasteiger partial charge is 0.354 e. The Bertz CT molecular complexity index is 585. The third kappa shape index (κ3) is 6.96. The molecule has 2 aromatic heterocycles.